The van der Waals surface area contributed by atoms with Crippen molar-refractivity contribution in [2.75, 3.05) is 13.1 Å². The van der Waals surface area contributed by atoms with Gasteiger partial charge in [0.15, 0.2) is 0 Å². The lowest BCUT2D eigenvalue weighted by Crippen LogP contribution is -2.33. The molecule has 128 valence electrons. The molecule has 0 radical (unpaired) electrons. The van der Waals surface area contributed by atoms with Crippen molar-refractivity contribution >= 4 is 5.91 Å². The summed E-state index contributed by atoms with van der Waals surface area (Å²) in [4.78, 5) is 34.1. The molecule has 1 N–H and O–H groups in total. The molecular weight excluding hydrogens is 314 g/mol. The van der Waals surface area contributed by atoms with Gasteiger partial charge >= 0.3 is 0 Å². The van der Waals surface area contributed by atoms with Crippen LogP contribution in [-0.4, -0.2) is 33.9 Å². The van der Waals surface area contributed by atoms with Crippen molar-refractivity contribution in [3.63, 3.8) is 0 Å². The lowest BCUT2D eigenvalue weighted by molar-refractivity contribution is 0.0782. The first-order valence-electron chi connectivity index (χ1n) is 8.71. The Kier molecular flexibility index (Phi) is 3.99. The normalized spacial score (nSPS) is 22.4. The fraction of sp³-hybridized carbons (Fsp3) is 0.350. The summed E-state index contributed by atoms with van der Waals surface area (Å²) >= 11 is 0. The molecule has 1 aliphatic heterocycles. The van der Waals surface area contributed by atoms with Crippen LogP contribution in [0.5, 0.6) is 0 Å². The van der Waals surface area contributed by atoms with Crippen LogP contribution >= 0.6 is 0 Å². The molecule has 4 rings (SSSR count). The molecule has 5 nitrogen and oxygen atoms in total. The zero-order valence-corrected chi connectivity index (χ0v) is 14.2. The summed E-state index contributed by atoms with van der Waals surface area (Å²) in [7, 11) is 0. The van der Waals surface area contributed by atoms with Crippen molar-refractivity contribution in [3.8, 4) is 11.4 Å². The summed E-state index contributed by atoms with van der Waals surface area (Å²) in [5, 5.41) is 0. The molecule has 0 unspecified atom stereocenters. The molecule has 1 aromatic heterocycles. The minimum Gasteiger partial charge on any atom is -0.338 e. The number of H-pyrrole nitrogens is 1. The monoisotopic (exact) mass is 335 g/mol. The fourth-order valence-corrected chi connectivity index (χ4v) is 3.91. The van der Waals surface area contributed by atoms with Gasteiger partial charge in [-0.3, -0.25) is 9.59 Å². The number of carbonyl (C=O) groups is 1. The molecule has 0 spiro atoms. The van der Waals surface area contributed by atoms with Gasteiger partial charge in [0.05, 0.1) is 0 Å². The molecule has 1 aromatic carbocycles. The van der Waals surface area contributed by atoms with Crippen LogP contribution in [0.2, 0.25) is 0 Å². The maximum absolute atomic E-state index is 12.8. The van der Waals surface area contributed by atoms with Gasteiger partial charge in [0.25, 0.3) is 11.5 Å². The van der Waals surface area contributed by atoms with Crippen LogP contribution in [0.15, 0.2) is 53.0 Å². The summed E-state index contributed by atoms with van der Waals surface area (Å²) in [6, 6.07) is 9.43. The van der Waals surface area contributed by atoms with Gasteiger partial charge in [-0.25, -0.2) is 4.98 Å². The van der Waals surface area contributed by atoms with Gasteiger partial charge in [0.1, 0.15) is 11.4 Å². The number of amides is 1. The molecular formula is C20H21N3O2. The van der Waals surface area contributed by atoms with Gasteiger partial charge in [0.2, 0.25) is 0 Å². The lowest BCUT2D eigenvalue weighted by atomic mass is 9.83. The second kappa shape index (κ2) is 6.31. The Morgan fingerprint density at radius 3 is 2.72 bits per heavy atom. The van der Waals surface area contributed by atoms with E-state index in [1.165, 1.54) is 11.8 Å². The number of aromatic amines is 1. The van der Waals surface area contributed by atoms with Crippen molar-refractivity contribution in [1.29, 1.82) is 0 Å². The van der Waals surface area contributed by atoms with E-state index >= 15 is 0 Å². The highest BCUT2D eigenvalue weighted by atomic mass is 16.2. The van der Waals surface area contributed by atoms with Crippen LogP contribution in [0.25, 0.3) is 11.4 Å². The second-order valence-corrected chi connectivity index (χ2v) is 7.06. The molecule has 1 fully saturated rings. The Morgan fingerprint density at radius 1 is 1.20 bits per heavy atom. The highest BCUT2D eigenvalue weighted by molar-refractivity contribution is 5.93. The quantitative estimate of drug-likeness (QED) is 0.858. The molecule has 0 bridgehead atoms. The maximum Gasteiger partial charge on any atom is 0.264 e. The Morgan fingerprint density at radius 2 is 1.96 bits per heavy atom. The first-order chi connectivity index (χ1) is 12.1. The van der Waals surface area contributed by atoms with Crippen LogP contribution in [0.3, 0.4) is 0 Å². The van der Waals surface area contributed by atoms with Crippen molar-refractivity contribution in [2.24, 2.45) is 11.8 Å². The minimum atomic E-state index is -0.372. The first-order valence-corrected chi connectivity index (χ1v) is 8.71. The van der Waals surface area contributed by atoms with Gasteiger partial charge in [-0.1, -0.05) is 42.0 Å². The molecule has 1 amide bonds. The molecule has 2 aliphatic rings. The predicted molar refractivity (Wildman–Crippen MR) is 96.2 cm³/mol. The molecule has 25 heavy (non-hydrogen) atoms. The topological polar surface area (TPSA) is 66.1 Å². The van der Waals surface area contributed by atoms with Gasteiger partial charge in [-0.2, -0.15) is 0 Å². The van der Waals surface area contributed by atoms with E-state index in [1.807, 2.05) is 35.2 Å². The number of aromatic nitrogens is 2. The maximum atomic E-state index is 12.8. The predicted octanol–water partition coefficient (Wildman–Crippen LogP) is 2.87. The SMILES string of the molecule is CC1=CC[C@H]2CN(C(=O)c3cnc(-c4ccccc4)[nH]c3=O)C[C@H]2C1. The third-order valence-electron chi connectivity index (χ3n) is 5.29. The van der Waals surface area contributed by atoms with E-state index in [0.717, 1.165) is 31.5 Å². The fourth-order valence-electron chi connectivity index (χ4n) is 3.91. The summed E-state index contributed by atoms with van der Waals surface area (Å²) in [5.41, 5.74) is 1.99. The largest absolute Gasteiger partial charge is 0.338 e. The standard InChI is InChI=1S/C20H21N3O2/c1-13-7-8-15-11-23(12-16(15)9-13)20(25)17-10-21-18(22-19(17)24)14-5-3-2-4-6-14/h2-7,10,15-16H,8-9,11-12H2,1H3,(H,21,22,24)/t15-,16+/m0/s1. The van der Waals surface area contributed by atoms with E-state index in [-0.39, 0.29) is 17.0 Å². The first kappa shape index (κ1) is 15.8. The minimum absolute atomic E-state index is 0.128. The Hall–Kier alpha value is -2.69. The molecule has 1 aliphatic carbocycles. The lowest BCUT2D eigenvalue weighted by Gasteiger charge is -2.21. The average Bonchev–Trinajstić information content (AvgIpc) is 3.05. The number of fused-ring (bicyclic) bond motifs is 1. The van der Waals surface area contributed by atoms with Crippen LogP contribution in [-0.2, 0) is 0 Å². The van der Waals surface area contributed by atoms with E-state index in [4.69, 9.17) is 0 Å². The van der Waals surface area contributed by atoms with Crippen molar-refractivity contribution in [1.82, 2.24) is 14.9 Å². The van der Waals surface area contributed by atoms with Gasteiger partial charge in [0, 0.05) is 24.8 Å². The molecule has 2 atom stereocenters. The molecule has 5 heteroatoms. The molecule has 1 saturated heterocycles. The third-order valence-corrected chi connectivity index (χ3v) is 5.29. The summed E-state index contributed by atoms with van der Waals surface area (Å²) in [5.74, 6) is 1.31. The highest BCUT2D eigenvalue weighted by Crippen LogP contribution is 2.35. The van der Waals surface area contributed by atoms with E-state index in [2.05, 4.69) is 23.0 Å². The third kappa shape index (κ3) is 3.02. The Labute approximate surface area is 146 Å². The number of hydrogen-bond donors (Lipinski definition) is 1. The van der Waals surface area contributed by atoms with E-state index in [0.29, 0.717) is 17.7 Å². The summed E-state index contributed by atoms with van der Waals surface area (Å²) < 4.78 is 0. The zero-order valence-electron chi connectivity index (χ0n) is 14.2. The number of nitrogens with zero attached hydrogens (tertiary/aromatic N) is 2. The van der Waals surface area contributed by atoms with Crippen molar-refractivity contribution in [3.05, 3.63) is 64.1 Å². The van der Waals surface area contributed by atoms with E-state index in [1.54, 1.807) is 0 Å². The molecule has 2 heterocycles. The van der Waals surface area contributed by atoms with Crippen LogP contribution in [0.1, 0.15) is 30.1 Å². The zero-order chi connectivity index (χ0) is 17.4. The van der Waals surface area contributed by atoms with Gasteiger partial charge in [-0.05, 0) is 31.6 Å². The number of carbonyl (C=O) groups excluding carboxylic acids is 1. The summed E-state index contributed by atoms with van der Waals surface area (Å²) in [6.45, 7) is 3.61. The smallest absolute Gasteiger partial charge is 0.264 e. The van der Waals surface area contributed by atoms with E-state index in [9.17, 15) is 9.59 Å². The highest BCUT2D eigenvalue weighted by Gasteiger charge is 2.37. The van der Waals surface area contributed by atoms with Crippen LogP contribution in [0.4, 0.5) is 0 Å². The Bertz CT molecular complexity index is 885. The number of benzene rings is 1. The average molecular weight is 335 g/mol. The van der Waals surface area contributed by atoms with Crippen molar-refractivity contribution < 1.29 is 4.79 Å². The van der Waals surface area contributed by atoms with Crippen LogP contribution < -0.4 is 5.56 Å². The van der Waals surface area contributed by atoms with E-state index < -0.39 is 0 Å². The van der Waals surface area contributed by atoms with Crippen LogP contribution in [0, 0.1) is 11.8 Å². The second-order valence-electron chi connectivity index (χ2n) is 7.06. The number of rotatable bonds is 2. The number of allylic oxidation sites excluding steroid dienone is 2. The Balaban J connectivity index is 1.55. The molecule has 0 saturated carbocycles. The number of nitrogens with one attached hydrogen (secondary N) is 1. The van der Waals surface area contributed by atoms with Gasteiger partial charge < -0.3 is 9.88 Å². The van der Waals surface area contributed by atoms with Crippen molar-refractivity contribution in [2.45, 2.75) is 19.8 Å². The summed E-state index contributed by atoms with van der Waals surface area (Å²) in [6.07, 6.45) is 5.77. The van der Waals surface area contributed by atoms with Gasteiger partial charge in [-0.15, -0.1) is 0 Å². The molecule has 2 aromatic rings. The number of likely N-dealkylation sites (tertiary alicyclic amines) is 1. The number of hydrogen-bond acceptors (Lipinski definition) is 3.